The van der Waals surface area contributed by atoms with Crippen LogP contribution in [0.5, 0.6) is 11.5 Å². The molecule has 0 radical (unpaired) electrons. The molecule has 2 aromatic rings. The monoisotopic (exact) mass is 347 g/mol. The quantitative estimate of drug-likeness (QED) is 0.821. The Balaban J connectivity index is 1.89. The van der Waals surface area contributed by atoms with Crippen LogP contribution in [0.4, 0.5) is 4.39 Å². The summed E-state index contributed by atoms with van der Waals surface area (Å²) < 4.78 is 24.5. The van der Waals surface area contributed by atoms with E-state index in [2.05, 4.69) is 10.3 Å². The molecule has 0 saturated carbocycles. The maximum Gasteiger partial charge on any atom is 0.254 e. The van der Waals surface area contributed by atoms with Crippen LogP contribution in [0.25, 0.3) is 10.9 Å². The second-order valence-corrected chi connectivity index (χ2v) is 5.69. The van der Waals surface area contributed by atoms with E-state index in [0.29, 0.717) is 29.0 Å². The van der Waals surface area contributed by atoms with Gasteiger partial charge in [0.2, 0.25) is 0 Å². The fourth-order valence-corrected chi connectivity index (χ4v) is 2.75. The highest BCUT2D eigenvalue weighted by molar-refractivity contribution is 6.01. The fourth-order valence-electron chi connectivity index (χ4n) is 2.75. The van der Waals surface area contributed by atoms with Crippen molar-refractivity contribution >= 4 is 22.7 Å². The Morgan fingerprint density at radius 3 is 2.84 bits per heavy atom. The zero-order chi connectivity index (χ0) is 18.0. The Kier molecular flexibility index (Phi) is 4.69. The number of nitrogens with zero attached hydrogens (tertiary/aromatic N) is 1. The molecular weight excluding hydrogens is 329 g/mol. The number of ether oxygens (including phenoxy) is 2. The summed E-state index contributed by atoms with van der Waals surface area (Å²) in [5, 5.41) is 3.17. The van der Waals surface area contributed by atoms with Crippen molar-refractivity contribution in [1.29, 1.82) is 0 Å². The Bertz CT molecular complexity index is 827. The lowest BCUT2D eigenvalue weighted by Crippen LogP contribution is -2.31. The lowest BCUT2D eigenvalue weighted by Gasteiger charge is -2.15. The second-order valence-electron chi connectivity index (χ2n) is 5.69. The Hall–Kier alpha value is -2.90. The van der Waals surface area contributed by atoms with Gasteiger partial charge in [-0.1, -0.05) is 0 Å². The van der Waals surface area contributed by atoms with Gasteiger partial charge in [0.05, 0.1) is 23.7 Å². The van der Waals surface area contributed by atoms with E-state index < -0.39 is 18.0 Å². The molecule has 1 unspecified atom stereocenters. The van der Waals surface area contributed by atoms with Gasteiger partial charge in [-0.25, -0.2) is 4.39 Å². The molecule has 8 heteroatoms. The molecule has 1 aromatic carbocycles. The minimum Gasteiger partial charge on any atom is -0.493 e. The molecule has 2 heterocycles. The number of fused-ring (bicyclic) bond motifs is 1. The van der Waals surface area contributed by atoms with Crippen molar-refractivity contribution in [3.63, 3.8) is 0 Å². The van der Waals surface area contributed by atoms with Crippen molar-refractivity contribution in [2.75, 3.05) is 13.2 Å². The molecule has 2 amide bonds. The lowest BCUT2D eigenvalue weighted by atomic mass is 10.1. The van der Waals surface area contributed by atoms with Gasteiger partial charge in [0.15, 0.2) is 6.17 Å². The Labute approximate surface area is 143 Å². The van der Waals surface area contributed by atoms with Crippen LogP contribution < -0.4 is 20.5 Å². The van der Waals surface area contributed by atoms with Gasteiger partial charge in [0, 0.05) is 18.0 Å². The van der Waals surface area contributed by atoms with Crippen LogP contribution in [-0.2, 0) is 4.79 Å². The number of hydrogen-bond acceptors (Lipinski definition) is 5. The number of aromatic nitrogens is 1. The first-order chi connectivity index (χ1) is 12.0. The minimum atomic E-state index is -1.49. The molecular formula is C17H18FN3O4. The number of alkyl halides is 1. The summed E-state index contributed by atoms with van der Waals surface area (Å²) >= 11 is 0. The first kappa shape index (κ1) is 16.9. The lowest BCUT2D eigenvalue weighted by molar-refractivity contribution is -0.123. The maximum atomic E-state index is 13.3. The summed E-state index contributed by atoms with van der Waals surface area (Å²) in [5.74, 6) is -0.379. The number of amides is 2. The average molecular weight is 347 g/mol. The number of nitrogens with one attached hydrogen (secondary N) is 1. The summed E-state index contributed by atoms with van der Waals surface area (Å²) in [7, 11) is 0. The largest absolute Gasteiger partial charge is 0.493 e. The van der Waals surface area contributed by atoms with Crippen LogP contribution in [0.2, 0.25) is 0 Å². The van der Waals surface area contributed by atoms with E-state index in [1.165, 1.54) is 6.20 Å². The van der Waals surface area contributed by atoms with Crippen LogP contribution >= 0.6 is 0 Å². The highest BCUT2D eigenvalue weighted by Gasteiger charge is 2.32. The zero-order valence-electron chi connectivity index (χ0n) is 13.6. The van der Waals surface area contributed by atoms with Crippen molar-refractivity contribution in [3.8, 4) is 11.5 Å². The molecule has 1 aliphatic heterocycles. The number of primary amides is 1. The summed E-state index contributed by atoms with van der Waals surface area (Å²) in [5.41, 5.74) is 6.15. The van der Waals surface area contributed by atoms with Gasteiger partial charge in [0.25, 0.3) is 11.8 Å². The number of carbonyl (C=O) groups is 2. The third-order valence-corrected chi connectivity index (χ3v) is 3.93. The molecule has 0 bridgehead atoms. The SMILES string of the molecule is CCOc1cc2c(OCC3C[C@H](F)C(=O)N3)ccnc2cc1C(N)=O. The number of hydrogen-bond donors (Lipinski definition) is 2. The van der Waals surface area contributed by atoms with Gasteiger partial charge in [-0.3, -0.25) is 14.6 Å². The molecule has 3 N–H and O–H groups in total. The van der Waals surface area contributed by atoms with Gasteiger partial charge in [-0.15, -0.1) is 0 Å². The summed E-state index contributed by atoms with van der Waals surface area (Å²) in [4.78, 5) is 27.0. The molecule has 1 fully saturated rings. The van der Waals surface area contributed by atoms with Crippen LogP contribution in [0.15, 0.2) is 24.4 Å². The van der Waals surface area contributed by atoms with E-state index in [0.717, 1.165) is 0 Å². The van der Waals surface area contributed by atoms with E-state index in [4.69, 9.17) is 15.2 Å². The molecule has 1 saturated heterocycles. The Morgan fingerprint density at radius 1 is 1.40 bits per heavy atom. The maximum absolute atomic E-state index is 13.3. The number of halogens is 1. The van der Waals surface area contributed by atoms with Gasteiger partial charge in [0.1, 0.15) is 18.1 Å². The van der Waals surface area contributed by atoms with E-state index in [1.807, 2.05) is 0 Å². The number of rotatable bonds is 6. The molecule has 2 atom stereocenters. The number of nitrogens with two attached hydrogens (primary N) is 1. The smallest absolute Gasteiger partial charge is 0.254 e. The van der Waals surface area contributed by atoms with Gasteiger partial charge in [-0.05, 0) is 25.1 Å². The van der Waals surface area contributed by atoms with E-state index >= 15 is 0 Å². The average Bonchev–Trinajstić information content (AvgIpc) is 2.90. The minimum absolute atomic E-state index is 0.0812. The van der Waals surface area contributed by atoms with Crippen LogP contribution in [-0.4, -0.2) is 42.2 Å². The van der Waals surface area contributed by atoms with E-state index in [1.54, 1.807) is 25.1 Å². The normalized spacial score (nSPS) is 19.7. The molecule has 1 aliphatic rings. The molecule has 7 nitrogen and oxygen atoms in total. The zero-order valence-corrected chi connectivity index (χ0v) is 13.6. The number of benzene rings is 1. The second kappa shape index (κ2) is 6.92. The van der Waals surface area contributed by atoms with Crippen LogP contribution in [0.3, 0.4) is 0 Å². The standard InChI is InChI=1S/C17H18FN3O4/c1-2-24-15-7-10-13(6-11(15)16(19)22)20-4-3-14(10)25-8-9-5-12(18)17(23)21-9/h3-4,6-7,9,12H,2,5,8H2,1H3,(H2,19,22)(H,21,23)/t9?,12-/m0/s1. The molecule has 132 valence electrons. The predicted molar refractivity (Wildman–Crippen MR) is 88.4 cm³/mol. The van der Waals surface area contributed by atoms with E-state index in [-0.39, 0.29) is 24.6 Å². The van der Waals surface area contributed by atoms with Crippen molar-refractivity contribution in [1.82, 2.24) is 10.3 Å². The number of pyridine rings is 1. The topological polar surface area (TPSA) is 104 Å². The molecule has 0 spiro atoms. The third-order valence-electron chi connectivity index (χ3n) is 3.93. The fraction of sp³-hybridized carbons (Fsp3) is 0.353. The van der Waals surface area contributed by atoms with Crippen molar-refractivity contribution < 1.29 is 23.5 Å². The third kappa shape index (κ3) is 3.47. The van der Waals surface area contributed by atoms with Gasteiger partial charge < -0.3 is 20.5 Å². The highest BCUT2D eigenvalue weighted by atomic mass is 19.1. The summed E-state index contributed by atoms with van der Waals surface area (Å²) in [6, 6.07) is 4.46. The molecule has 1 aromatic heterocycles. The summed E-state index contributed by atoms with van der Waals surface area (Å²) in [6.45, 7) is 2.30. The molecule has 0 aliphatic carbocycles. The summed E-state index contributed by atoms with van der Waals surface area (Å²) in [6.07, 6.45) is 0.122. The first-order valence-corrected chi connectivity index (χ1v) is 7.92. The predicted octanol–water partition coefficient (Wildman–Crippen LogP) is 1.34. The van der Waals surface area contributed by atoms with Crippen molar-refractivity contribution in [3.05, 3.63) is 30.0 Å². The van der Waals surface area contributed by atoms with Crippen molar-refractivity contribution in [2.45, 2.75) is 25.6 Å². The highest BCUT2D eigenvalue weighted by Crippen LogP contribution is 2.31. The van der Waals surface area contributed by atoms with Gasteiger partial charge >= 0.3 is 0 Å². The first-order valence-electron chi connectivity index (χ1n) is 7.92. The van der Waals surface area contributed by atoms with Crippen LogP contribution in [0, 0.1) is 0 Å². The van der Waals surface area contributed by atoms with Crippen LogP contribution in [0.1, 0.15) is 23.7 Å². The van der Waals surface area contributed by atoms with E-state index in [9.17, 15) is 14.0 Å². The number of carbonyl (C=O) groups excluding carboxylic acids is 2. The van der Waals surface area contributed by atoms with Gasteiger partial charge in [-0.2, -0.15) is 0 Å². The molecule has 3 rings (SSSR count). The van der Waals surface area contributed by atoms with Crippen molar-refractivity contribution in [2.24, 2.45) is 5.73 Å². The molecule has 25 heavy (non-hydrogen) atoms. The Morgan fingerprint density at radius 2 is 2.20 bits per heavy atom.